The fourth-order valence-corrected chi connectivity index (χ4v) is 3.06. The number of carbonyl (C=O) groups excluding carboxylic acids is 1. The Labute approximate surface area is 179 Å². The second kappa shape index (κ2) is 8.42. The molecule has 150 valence electrons. The molecule has 0 N–H and O–H groups in total. The van der Waals surface area contributed by atoms with Crippen LogP contribution in [0.25, 0.3) is 11.0 Å². The predicted molar refractivity (Wildman–Crippen MR) is 115 cm³/mol. The normalized spacial score (nSPS) is 10.6. The molecule has 0 bridgehead atoms. The highest BCUT2D eigenvalue weighted by Crippen LogP contribution is 2.30. The van der Waals surface area contributed by atoms with Crippen LogP contribution in [0.2, 0.25) is 0 Å². The minimum Gasteiger partial charge on any atom is -0.493 e. The minimum atomic E-state index is -0.514. The maximum absolute atomic E-state index is 12.8. The highest BCUT2D eigenvalue weighted by atomic mass is 79.9. The Morgan fingerprint density at radius 1 is 0.933 bits per heavy atom. The van der Waals surface area contributed by atoms with E-state index in [1.165, 1.54) is 31.6 Å². The third-order valence-electron chi connectivity index (χ3n) is 4.29. The average Bonchev–Trinajstić information content (AvgIpc) is 2.76. The van der Waals surface area contributed by atoms with Crippen molar-refractivity contribution in [2.45, 2.75) is 0 Å². The zero-order valence-electron chi connectivity index (χ0n) is 15.8. The molecule has 0 unspecified atom stereocenters. The zero-order chi connectivity index (χ0) is 21.1. The summed E-state index contributed by atoms with van der Waals surface area (Å²) in [6.45, 7) is 0. The van der Waals surface area contributed by atoms with Gasteiger partial charge in [0.25, 0.3) is 0 Å². The first-order chi connectivity index (χ1) is 14.5. The number of fused-ring (bicyclic) bond motifs is 1. The number of esters is 1. The Balaban J connectivity index is 1.60. The first-order valence-corrected chi connectivity index (χ1v) is 9.68. The van der Waals surface area contributed by atoms with Crippen molar-refractivity contribution in [3.8, 4) is 23.0 Å². The summed E-state index contributed by atoms with van der Waals surface area (Å²) in [6.07, 6.45) is 1.22. The fraction of sp³-hybridized carbons (Fsp3) is 0.0435. The van der Waals surface area contributed by atoms with Crippen LogP contribution in [0.15, 0.2) is 86.7 Å². The number of halogens is 1. The zero-order valence-corrected chi connectivity index (χ0v) is 17.3. The lowest BCUT2D eigenvalue weighted by Gasteiger charge is -2.10. The highest BCUT2D eigenvalue weighted by Gasteiger charge is 2.14. The molecule has 0 spiro atoms. The number of hydrogen-bond acceptors (Lipinski definition) is 6. The second-order valence-corrected chi connectivity index (χ2v) is 7.15. The van der Waals surface area contributed by atoms with E-state index in [-0.39, 0.29) is 22.5 Å². The number of benzene rings is 3. The maximum Gasteiger partial charge on any atom is 0.343 e. The van der Waals surface area contributed by atoms with Gasteiger partial charge in [-0.1, -0.05) is 28.1 Å². The lowest BCUT2D eigenvalue weighted by molar-refractivity contribution is 0.0735. The maximum atomic E-state index is 12.8. The highest BCUT2D eigenvalue weighted by molar-refractivity contribution is 9.10. The molecule has 0 atom stereocenters. The van der Waals surface area contributed by atoms with Gasteiger partial charge in [-0.05, 0) is 48.5 Å². The van der Waals surface area contributed by atoms with Crippen molar-refractivity contribution < 1.29 is 23.4 Å². The molecule has 0 radical (unpaired) electrons. The van der Waals surface area contributed by atoms with Gasteiger partial charge < -0.3 is 18.6 Å². The van der Waals surface area contributed by atoms with Crippen LogP contribution in [0.5, 0.6) is 23.0 Å². The molecular weight excluding hydrogens is 452 g/mol. The molecule has 1 aromatic heterocycles. The number of hydrogen-bond donors (Lipinski definition) is 0. The first-order valence-electron chi connectivity index (χ1n) is 8.89. The van der Waals surface area contributed by atoms with Crippen LogP contribution in [0.3, 0.4) is 0 Å². The summed E-state index contributed by atoms with van der Waals surface area (Å²) < 4.78 is 22.7. The van der Waals surface area contributed by atoms with Crippen molar-refractivity contribution in [2.24, 2.45) is 0 Å². The quantitative estimate of drug-likeness (QED) is 0.282. The van der Waals surface area contributed by atoms with Crippen LogP contribution >= 0.6 is 15.9 Å². The van der Waals surface area contributed by atoms with E-state index in [1.54, 1.807) is 48.5 Å². The van der Waals surface area contributed by atoms with Crippen molar-refractivity contribution in [3.63, 3.8) is 0 Å². The topological polar surface area (TPSA) is 75.0 Å². The van der Waals surface area contributed by atoms with Gasteiger partial charge in [0.1, 0.15) is 17.6 Å². The Morgan fingerprint density at radius 3 is 2.40 bits per heavy atom. The first kappa shape index (κ1) is 19.7. The van der Waals surface area contributed by atoms with Gasteiger partial charge >= 0.3 is 5.97 Å². The largest absolute Gasteiger partial charge is 0.493 e. The Bertz CT molecular complexity index is 1280. The molecule has 0 saturated heterocycles. The van der Waals surface area contributed by atoms with Crippen LogP contribution in [-0.4, -0.2) is 13.1 Å². The molecule has 1 heterocycles. The molecule has 0 aliphatic rings. The van der Waals surface area contributed by atoms with E-state index in [4.69, 9.17) is 18.6 Å². The van der Waals surface area contributed by atoms with Crippen molar-refractivity contribution in [1.29, 1.82) is 0 Å². The molecule has 0 amide bonds. The molecule has 0 fully saturated rings. The van der Waals surface area contributed by atoms with Crippen molar-refractivity contribution in [2.75, 3.05) is 7.11 Å². The predicted octanol–water partition coefficient (Wildman–Crippen LogP) is 5.58. The summed E-state index contributed by atoms with van der Waals surface area (Å²) in [5, 5.41) is 0.297. The van der Waals surface area contributed by atoms with E-state index < -0.39 is 5.97 Å². The van der Waals surface area contributed by atoms with E-state index in [2.05, 4.69) is 15.9 Å². The Kier molecular flexibility index (Phi) is 5.54. The van der Waals surface area contributed by atoms with Crippen LogP contribution in [-0.2, 0) is 0 Å². The second-order valence-electron chi connectivity index (χ2n) is 6.24. The molecule has 0 aliphatic heterocycles. The SMILES string of the molecule is COc1ccccc1Oc1coc2cc(OC(=O)c3ccc(Br)cc3)ccc2c1=O. The van der Waals surface area contributed by atoms with E-state index in [0.29, 0.717) is 22.4 Å². The molecule has 7 heteroatoms. The van der Waals surface area contributed by atoms with Gasteiger partial charge in [-0.3, -0.25) is 4.79 Å². The van der Waals surface area contributed by atoms with Crippen LogP contribution < -0.4 is 19.6 Å². The lowest BCUT2D eigenvalue weighted by atomic mass is 10.2. The number of ether oxygens (including phenoxy) is 3. The van der Waals surface area contributed by atoms with Crippen LogP contribution in [0.1, 0.15) is 10.4 Å². The minimum absolute atomic E-state index is 0.0200. The van der Waals surface area contributed by atoms with Gasteiger partial charge in [-0.2, -0.15) is 0 Å². The molecular formula is C23H15BrO6. The van der Waals surface area contributed by atoms with Gasteiger partial charge in [-0.25, -0.2) is 4.79 Å². The Morgan fingerprint density at radius 2 is 1.67 bits per heavy atom. The van der Waals surface area contributed by atoms with E-state index in [1.807, 2.05) is 0 Å². The van der Waals surface area contributed by atoms with E-state index in [9.17, 15) is 9.59 Å². The molecule has 3 aromatic carbocycles. The molecule has 0 aliphatic carbocycles. The third kappa shape index (κ3) is 4.06. The smallest absolute Gasteiger partial charge is 0.343 e. The van der Waals surface area contributed by atoms with Crippen molar-refractivity contribution in [3.05, 3.63) is 93.3 Å². The summed E-state index contributed by atoms with van der Waals surface area (Å²) in [4.78, 5) is 25.1. The van der Waals surface area contributed by atoms with Gasteiger partial charge in [0, 0.05) is 10.5 Å². The molecule has 0 saturated carbocycles. The number of methoxy groups -OCH3 is 1. The summed E-state index contributed by atoms with van der Waals surface area (Å²) in [6, 6.07) is 18.3. The standard InChI is InChI=1S/C23H15BrO6/c1-27-18-4-2-3-5-19(18)30-21-13-28-20-12-16(10-11-17(20)22(21)25)29-23(26)14-6-8-15(24)9-7-14/h2-13H,1H3. The molecule has 30 heavy (non-hydrogen) atoms. The van der Waals surface area contributed by atoms with Gasteiger partial charge in [0.05, 0.1) is 18.1 Å². The van der Waals surface area contributed by atoms with Gasteiger partial charge in [0.15, 0.2) is 11.5 Å². The van der Waals surface area contributed by atoms with Crippen molar-refractivity contribution >= 4 is 32.9 Å². The number of para-hydroxylation sites is 2. The number of rotatable bonds is 5. The summed E-state index contributed by atoms with van der Waals surface area (Å²) >= 11 is 3.32. The van der Waals surface area contributed by atoms with Gasteiger partial charge in [-0.15, -0.1) is 0 Å². The average molecular weight is 467 g/mol. The fourth-order valence-electron chi connectivity index (χ4n) is 2.80. The van der Waals surface area contributed by atoms with Crippen LogP contribution in [0, 0.1) is 0 Å². The van der Waals surface area contributed by atoms with E-state index >= 15 is 0 Å². The lowest BCUT2D eigenvalue weighted by Crippen LogP contribution is -2.09. The molecule has 6 nitrogen and oxygen atoms in total. The van der Waals surface area contributed by atoms with Crippen molar-refractivity contribution in [1.82, 2.24) is 0 Å². The summed E-state index contributed by atoms with van der Waals surface area (Å²) in [7, 11) is 1.52. The summed E-state index contributed by atoms with van der Waals surface area (Å²) in [5.41, 5.74) is 0.321. The monoisotopic (exact) mass is 466 g/mol. The Hall–Kier alpha value is -3.58. The third-order valence-corrected chi connectivity index (χ3v) is 4.82. The molecule has 4 rings (SSSR count). The van der Waals surface area contributed by atoms with Crippen LogP contribution in [0.4, 0.5) is 0 Å². The number of carbonyl (C=O) groups is 1. The molecule has 4 aromatic rings. The summed E-state index contributed by atoms with van der Waals surface area (Å²) in [5.74, 6) is 0.655. The van der Waals surface area contributed by atoms with Gasteiger partial charge in [0.2, 0.25) is 11.2 Å². The van der Waals surface area contributed by atoms with E-state index in [0.717, 1.165) is 4.47 Å².